The van der Waals surface area contributed by atoms with Crippen molar-refractivity contribution in [3.8, 4) is 0 Å². The molecule has 0 atom stereocenters. The van der Waals surface area contributed by atoms with Gasteiger partial charge in [-0.05, 0) is 52.3 Å². The number of rotatable bonds is 3. The van der Waals surface area contributed by atoms with Crippen LogP contribution in [0, 0.1) is 11.6 Å². The van der Waals surface area contributed by atoms with E-state index >= 15 is 0 Å². The van der Waals surface area contributed by atoms with E-state index in [1.165, 1.54) is 19.2 Å². The first-order valence-corrected chi connectivity index (χ1v) is 7.96. The molecule has 0 radical (unpaired) electrons. The summed E-state index contributed by atoms with van der Waals surface area (Å²) < 4.78 is 52.8. The lowest BCUT2D eigenvalue weighted by Crippen LogP contribution is -2.27. The summed E-state index contributed by atoms with van der Waals surface area (Å²) in [5.74, 6) is -1.42. The zero-order chi connectivity index (χ0) is 15.8. The molecule has 0 spiro atoms. The Morgan fingerprint density at radius 2 is 1.71 bits per heavy atom. The van der Waals surface area contributed by atoms with Crippen LogP contribution in [0.15, 0.2) is 45.8 Å². The van der Waals surface area contributed by atoms with Crippen molar-refractivity contribution in [2.24, 2.45) is 0 Å². The number of anilines is 2. The largest absolute Gasteiger partial charge is 0.398 e. The number of hydrogen-bond donors (Lipinski definition) is 1. The maximum atomic E-state index is 13.9. The summed E-state index contributed by atoms with van der Waals surface area (Å²) >= 11 is 3.02. The van der Waals surface area contributed by atoms with Crippen molar-refractivity contribution in [2.75, 3.05) is 17.1 Å². The predicted octanol–water partition coefficient (Wildman–Crippen LogP) is 3.13. The smallest absolute Gasteiger partial charge is 0.267 e. The standard InChI is InChI=1S/C13H11BrF2N2O2S/c1-18(9-4-2-8(15)3-5-9)21(19,20)13-7-12(17)10(14)6-11(13)16/h2-7H,17H2,1H3. The van der Waals surface area contributed by atoms with Gasteiger partial charge in [0.1, 0.15) is 16.5 Å². The van der Waals surface area contributed by atoms with Gasteiger partial charge in [-0.15, -0.1) is 0 Å². The zero-order valence-corrected chi connectivity index (χ0v) is 13.2. The third-order valence-electron chi connectivity index (χ3n) is 2.88. The molecule has 0 heterocycles. The molecule has 2 rings (SSSR count). The molecule has 0 aliphatic heterocycles. The molecule has 4 nitrogen and oxygen atoms in total. The molecule has 0 saturated heterocycles. The lowest BCUT2D eigenvalue weighted by molar-refractivity contribution is 0.565. The van der Waals surface area contributed by atoms with Crippen molar-refractivity contribution in [3.63, 3.8) is 0 Å². The summed E-state index contributed by atoms with van der Waals surface area (Å²) in [7, 11) is -2.89. The molecule has 0 amide bonds. The van der Waals surface area contributed by atoms with E-state index in [-0.39, 0.29) is 15.8 Å². The quantitative estimate of drug-likeness (QED) is 0.836. The van der Waals surface area contributed by atoms with Gasteiger partial charge in [0.15, 0.2) is 0 Å². The number of sulfonamides is 1. The van der Waals surface area contributed by atoms with E-state index in [4.69, 9.17) is 5.73 Å². The van der Waals surface area contributed by atoms with Crippen LogP contribution >= 0.6 is 15.9 Å². The van der Waals surface area contributed by atoms with E-state index in [0.29, 0.717) is 0 Å². The van der Waals surface area contributed by atoms with Gasteiger partial charge >= 0.3 is 0 Å². The highest BCUT2D eigenvalue weighted by atomic mass is 79.9. The second kappa shape index (κ2) is 5.61. The molecule has 0 aromatic heterocycles. The number of nitrogens with two attached hydrogens (primary N) is 1. The third-order valence-corrected chi connectivity index (χ3v) is 5.37. The summed E-state index contributed by atoms with van der Waals surface area (Å²) in [6, 6.07) is 6.83. The number of halogens is 3. The van der Waals surface area contributed by atoms with Crippen LogP contribution in [-0.4, -0.2) is 15.5 Å². The molecule has 0 saturated carbocycles. The minimum absolute atomic E-state index is 0.0995. The van der Waals surface area contributed by atoms with Crippen molar-refractivity contribution >= 4 is 37.3 Å². The predicted molar refractivity (Wildman–Crippen MR) is 80.5 cm³/mol. The van der Waals surface area contributed by atoms with Crippen LogP contribution in [0.25, 0.3) is 0 Å². The van der Waals surface area contributed by atoms with Gasteiger partial charge < -0.3 is 5.73 Å². The van der Waals surface area contributed by atoms with Gasteiger partial charge in [-0.2, -0.15) is 0 Å². The van der Waals surface area contributed by atoms with Crippen LogP contribution in [0.1, 0.15) is 0 Å². The van der Waals surface area contributed by atoms with Crippen LogP contribution < -0.4 is 10.0 Å². The lowest BCUT2D eigenvalue weighted by atomic mass is 10.3. The fraction of sp³-hybridized carbons (Fsp3) is 0.0769. The summed E-state index contributed by atoms with van der Waals surface area (Å²) in [4.78, 5) is -0.546. The number of nitrogen functional groups attached to an aromatic ring is 1. The Kier molecular flexibility index (Phi) is 4.20. The average Bonchev–Trinajstić information content (AvgIpc) is 2.42. The van der Waals surface area contributed by atoms with Gasteiger partial charge in [0.25, 0.3) is 10.0 Å². The van der Waals surface area contributed by atoms with Crippen LogP contribution in [0.2, 0.25) is 0 Å². The molecule has 0 bridgehead atoms. The minimum atomic E-state index is -4.14. The first kappa shape index (κ1) is 15.7. The summed E-state index contributed by atoms with van der Waals surface area (Å²) in [6.07, 6.45) is 0. The van der Waals surface area contributed by atoms with Crippen LogP contribution in [0.4, 0.5) is 20.2 Å². The Bertz CT molecular complexity index is 780. The molecule has 0 aliphatic carbocycles. The third kappa shape index (κ3) is 3.01. The summed E-state index contributed by atoms with van der Waals surface area (Å²) in [5, 5.41) is 0. The highest BCUT2D eigenvalue weighted by Gasteiger charge is 2.26. The van der Waals surface area contributed by atoms with Crippen molar-refractivity contribution in [1.82, 2.24) is 0 Å². The molecule has 21 heavy (non-hydrogen) atoms. The van der Waals surface area contributed by atoms with Crippen molar-refractivity contribution in [1.29, 1.82) is 0 Å². The molecule has 2 aromatic carbocycles. The van der Waals surface area contributed by atoms with Gasteiger partial charge in [-0.25, -0.2) is 17.2 Å². The molecule has 112 valence electrons. The van der Waals surface area contributed by atoms with Crippen LogP contribution in [0.5, 0.6) is 0 Å². The topological polar surface area (TPSA) is 63.4 Å². The SMILES string of the molecule is CN(c1ccc(F)cc1)S(=O)(=O)c1cc(N)c(Br)cc1F. The molecular weight excluding hydrogens is 366 g/mol. The monoisotopic (exact) mass is 376 g/mol. The molecule has 0 aliphatic rings. The number of nitrogens with zero attached hydrogens (tertiary/aromatic N) is 1. The lowest BCUT2D eigenvalue weighted by Gasteiger charge is -2.20. The van der Waals surface area contributed by atoms with Gasteiger partial charge in [-0.1, -0.05) is 0 Å². The van der Waals surface area contributed by atoms with E-state index in [9.17, 15) is 17.2 Å². The Morgan fingerprint density at radius 3 is 2.29 bits per heavy atom. The highest BCUT2D eigenvalue weighted by molar-refractivity contribution is 9.10. The molecule has 0 unspecified atom stereocenters. The second-order valence-corrected chi connectivity index (χ2v) is 7.05. The molecular formula is C13H11BrF2N2O2S. The van der Waals surface area contributed by atoms with E-state index in [0.717, 1.165) is 28.6 Å². The van der Waals surface area contributed by atoms with Gasteiger partial charge in [0, 0.05) is 17.2 Å². The number of hydrogen-bond acceptors (Lipinski definition) is 3. The Labute approximate surface area is 129 Å². The number of benzene rings is 2. The average molecular weight is 377 g/mol. The Hall–Kier alpha value is -1.67. The van der Waals surface area contributed by atoms with Gasteiger partial charge in [0.05, 0.1) is 5.69 Å². The highest BCUT2D eigenvalue weighted by Crippen LogP contribution is 2.29. The first-order chi connectivity index (χ1) is 9.73. The van der Waals surface area contributed by atoms with Crippen molar-refractivity contribution in [2.45, 2.75) is 4.90 Å². The normalized spacial score (nSPS) is 11.4. The maximum Gasteiger partial charge on any atom is 0.267 e. The fourth-order valence-corrected chi connectivity index (χ4v) is 3.27. The van der Waals surface area contributed by atoms with E-state index < -0.39 is 26.6 Å². The first-order valence-electron chi connectivity index (χ1n) is 5.72. The molecule has 2 N–H and O–H groups in total. The minimum Gasteiger partial charge on any atom is -0.398 e. The maximum absolute atomic E-state index is 13.9. The molecule has 2 aromatic rings. The second-order valence-electron chi connectivity index (χ2n) is 4.25. The van der Waals surface area contributed by atoms with E-state index in [1.807, 2.05) is 0 Å². The fourth-order valence-electron chi connectivity index (χ4n) is 1.68. The van der Waals surface area contributed by atoms with Gasteiger partial charge in [0.2, 0.25) is 0 Å². The summed E-state index contributed by atoms with van der Waals surface area (Å²) in [5.41, 5.74) is 5.90. The van der Waals surface area contributed by atoms with Crippen molar-refractivity contribution < 1.29 is 17.2 Å². The molecule has 0 fully saturated rings. The summed E-state index contributed by atoms with van der Waals surface area (Å²) in [6.45, 7) is 0. The molecule has 8 heteroatoms. The van der Waals surface area contributed by atoms with Gasteiger partial charge in [-0.3, -0.25) is 4.31 Å². The van der Waals surface area contributed by atoms with E-state index in [1.54, 1.807) is 0 Å². The Balaban J connectivity index is 2.51. The zero-order valence-electron chi connectivity index (χ0n) is 10.8. The Morgan fingerprint density at radius 1 is 1.14 bits per heavy atom. The van der Waals surface area contributed by atoms with Crippen molar-refractivity contribution in [3.05, 3.63) is 52.5 Å². The van der Waals surface area contributed by atoms with Crippen LogP contribution in [-0.2, 0) is 10.0 Å². The van der Waals surface area contributed by atoms with Crippen LogP contribution in [0.3, 0.4) is 0 Å². The van der Waals surface area contributed by atoms with E-state index in [2.05, 4.69) is 15.9 Å².